The molecule has 4 N–H and O–H groups in total. The fourth-order valence-electron chi connectivity index (χ4n) is 6.53. The molecule has 1 aromatic carbocycles. The minimum Gasteiger partial charge on any atom is -0.481 e. The lowest BCUT2D eigenvalue weighted by molar-refractivity contribution is -0.142. The van der Waals surface area contributed by atoms with Gasteiger partial charge in [0.1, 0.15) is 23.7 Å². The van der Waals surface area contributed by atoms with E-state index in [4.69, 9.17) is 9.84 Å². The SMILES string of the molecule is C/C(=C\[C@H](C(C)C)N(C)C(=O)[C@@H](NC(=O)[C@@H](N(C)C(=O)OC(C)(C)C)C(C)(C)c1cn(C)c2ccccc12)C(C)(C)C)C(=O)N[C@@H](CCC(=O)O)C(=O)O. The number of aryl methyl sites for hydroxylation is 1. The second kappa shape index (κ2) is 17.5. The highest BCUT2D eigenvalue weighted by Gasteiger charge is 2.47. The number of nitrogens with one attached hydrogen (secondary N) is 2. The molecule has 1 aromatic heterocycles. The van der Waals surface area contributed by atoms with Crippen LogP contribution in [0.25, 0.3) is 10.9 Å². The molecule has 1 heterocycles. The van der Waals surface area contributed by atoms with E-state index >= 15 is 0 Å². The molecule has 0 bridgehead atoms. The van der Waals surface area contributed by atoms with Crippen molar-refractivity contribution in [1.82, 2.24) is 25.0 Å². The molecule has 0 radical (unpaired) electrons. The summed E-state index contributed by atoms with van der Waals surface area (Å²) in [6.45, 7) is 19.6. The maximum atomic E-state index is 14.7. The number of likely N-dealkylation sites (N-methyl/N-ethyl adjacent to an activating group) is 2. The van der Waals surface area contributed by atoms with E-state index < -0.39 is 82.8 Å². The first-order valence-electron chi connectivity index (χ1n) is 18.1. The summed E-state index contributed by atoms with van der Waals surface area (Å²) in [5, 5.41) is 24.8. The molecule has 0 aliphatic rings. The van der Waals surface area contributed by atoms with E-state index in [0.717, 1.165) is 16.5 Å². The zero-order valence-corrected chi connectivity index (χ0v) is 34.4. The third-order valence-electron chi connectivity index (χ3n) is 9.50. The number of rotatable bonds is 15. The molecule has 14 heteroatoms. The van der Waals surface area contributed by atoms with Crippen molar-refractivity contribution in [3.05, 3.63) is 47.7 Å². The second-order valence-electron chi connectivity index (χ2n) is 17.0. The molecule has 2 aromatic rings. The Morgan fingerprint density at radius 3 is 1.98 bits per heavy atom. The van der Waals surface area contributed by atoms with Gasteiger partial charge in [0.15, 0.2) is 0 Å². The summed E-state index contributed by atoms with van der Waals surface area (Å²) in [6, 6.07) is 3.45. The smallest absolute Gasteiger partial charge is 0.410 e. The van der Waals surface area contributed by atoms with Crippen LogP contribution < -0.4 is 10.6 Å². The lowest BCUT2D eigenvalue weighted by atomic mass is 9.76. The van der Waals surface area contributed by atoms with Gasteiger partial charge in [-0.3, -0.25) is 24.1 Å². The van der Waals surface area contributed by atoms with Crippen molar-refractivity contribution < 1.29 is 43.7 Å². The quantitative estimate of drug-likeness (QED) is 0.180. The standard InChI is InChI=1S/C40H61N5O9/c1-23(2)29(21-24(3)33(48)41-27(36(51)52)19-20-30(46)47)44(13)35(50)31(38(4,5)6)42-34(49)32(45(14)37(53)54-39(7,8)9)40(10,11)26-22-43(12)28-18-16-15-17-25(26)28/h15-18,21-23,27,29,31-32H,19-20H2,1-14H3,(H,41,48)(H,42,49)(H,46,47)(H,51,52)/b24-21+/t27-,29+,31+,32+/m0/s1. The highest BCUT2D eigenvalue weighted by Crippen LogP contribution is 2.37. The third-order valence-corrected chi connectivity index (χ3v) is 9.50. The van der Waals surface area contributed by atoms with Crippen molar-refractivity contribution in [2.75, 3.05) is 14.1 Å². The van der Waals surface area contributed by atoms with Crippen LogP contribution in [0.15, 0.2) is 42.1 Å². The maximum absolute atomic E-state index is 14.7. The van der Waals surface area contributed by atoms with Gasteiger partial charge in [-0.1, -0.05) is 72.7 Å². The molecule has 300 valence electrons. The van der Waals surface area contributed by atoms with E-state index in [1.165, 1.54) is 23.8 Å². The molecule has 0 fully saturated rings. The zero-order valence-electron chi connectivity index (χ0n) is 34.4. The molecule has 54 heavy (non-hydrogen) atoms. The van der Waals surface area contributed by atoms with E-state index in [1.807, 2.05) is 90.5 Å². The fourth-order valence-corrected chi connectivity index (χ4v) is 6.53. The highest BCUT2D eigenvalue weighted by atomic mass is 16.6. The number of para-hydroxylation sites is 1. The first-order valence-corrected chi connectivity index (χ1v) is 18.1. The molecule has 0 unspecified atom stereocenters. The number of carbonyl (C=O) groups is 6. The minimum atomic E-state index is -1.42. The number of benzene rings is 1. The molecule has 0 spiro atoms. The van der Waals surface area contributed by atoms with Crippen LogP contribution in [0.4, 0.5) is 4.79 Å². The zero-order chi connectivity index (χ0) is 41.7. The van der Waals surface area contributed by atoms with E-state index in [0.29, 0.717) is 0 Å². The first-order chi connectivity index (χ1) is 24.6. The molecule has 2 rings (SSSR count). The Kier molecular flexibility index (Phi) is 14.7. The number of hydrogen-bond donors (Lipinski definition) is 4. The number of hydrogen-bond acceptors (Lipinski definition) is 7. The van der Waals surface area contributed by atoms with Gasteiger partial charge in [0, 0.05) is 55.7 Å². The number of carboxylic acids is 2. The van der Waals surface area contributed by atoms with Crippen LogP contribution in [-0.4, -0.2) is 104 Å². The molecule has 4 amide bonds. The predicted octanol–water partition coefficient (Wildman–Crippen LogP) is 5.09. The van der Waals surface area contributed by atoms with Crippen molar-refractivity contribution in [2.45, 2.75) is 124 Å². The summed E-state index contributed by atoms with van der Waals surface area (Å²) in [4.78, 5) is 81.3. The van der Waals surface area contributed by atoms with Crippen molar-refractivity contribution in [1.29, 1.82) is 0 Å². The fraction of sp³-hybridized carbons (Fsp3) is 0.600. The number of ether oxygens (including phenoxy) is 1. The number of carboxylic acid groups (broad SMARTS) is 2. The summed E-state index contributed by atoms with van der Waals surface area (Å²) < 4.78 is 7.68. The molecule has 0 aliphatic carbocycles. The van der Waals surface area contributed by atoms with Crippen molar-refractivity contribution in [3.63, 3.8) is 0 Å². The predicted molar refractivity (Wildman–Crippen MR) is 207 cm³/mol. The van der Waals surface area contributed by atoms with Gasteiger partial charge in [0.2, 0.25) is 17.7 Å². The number of aromatic nitrogens is 1. The van der Waals surface area contributed by atoms with E-state index in [2.05, 4.69) is 10.6 Å². The molecule has 0 aliphatic heterocycles. The van der Waals surface area contributed by atoms with Gasteiger partial charge in [-0.15, -0.1) is 0 Å². The Labute approximate surface area is 319 Å². The van der Waals surface area contributed by atoms with Gasteiger partial charge >= 0.3 is 18.0 Å². The van der Waals surface area contributed by atoms with E-state index in [1.54, 1.807) is 33.9 Å². The molecule has 4 atom stereocenters. The van der Waals surface area contributed by atoms with Crippen LogP contribution in [-0.2, 0) is 41.2 Å². The highest BCUT2D eigenvalue weighted by molar-refractivity contribution is 5.96. The first kappa shape index (κ1) is 45.3. The molecular weight excluding hydrogens is 694 g/mol. The minimum absolute atomic E-state index is 0.127. The average molecular weight is 756 g/mol. The van der Waals surface area contributed by atoms with Crippen LogP contribution >= 0.6 is 0 Å². The number of carbonyl (C=O) groups excluding carboxylic acids is 4. The Morgan fingerprint density at radius 2 is 1.48 bits per heavy atom. The van der Waals surface area contributed by atoms with Gasteiger partial charge in [0.25, 0.3) is 0 Å². The summed E-state index contributed by atoms with van der Waals surface area (Å²) >= 11 is 0. The Bertz CT molecular complexity index is 1750. The van der Waals surface area contributed by atoms with Crippen molar-refractivity contribution >= 4 is 46.7 Å². The van der Waals surface area contributed by atoms with Gasteiger partial charge in [-0.2, -0.15) is 0 Å². The van der Waals surface area contributed by atoms with Crippen molar-refractivity contribution in [2.24, 2.45) is 18.4 Å². The monoisotopic (exact) mass is 755 g/mol. The lowest BCUT2D eigenvalue weighted by Crippen LogP contribution is -2.63. The summed E-state index contributed by atoms with van der Waals surface area (Å²) in [7, 11) is 4.99. The lowest BCUT2D eigenvalue weighted by Gasteiger charge is -2.42. The molecule has 0 saturated carbocycles. The summed E-state index contributed by atoms with van der Waals surface area (Å²) in [5.74, 6) is -4.53. The number of amides is 4. The normalized spacial score (nSPS) is 14.8. The van der Waals surface area contributed by atoms with Gasteiger partial charge in [0.05, 0.1) is 6.04 Å². The van der Waals surface area contributed by atoms with Crippen LogP contribution in [0.2, 0.25) is 0 Å². The largest absolute Gasteiger partial charge is 0.481 e. The number of nitrogens with zero attached hydrogens (tertiary/aromatic N) is 3. The Morgan fingerprint density at radius 1 is 0.907 bits per heavy atom. The van der Waals surface area contributed by atoms with Gasteiger partial charge in [-0.05, 0) is 57.1 Å². The maximum Gasteiger partial charge on any atom is 0.410 e. The number of fused-ring (bicyclic) bond motifs is 1. The van der Waals surface area contributed by atoms with E-state index in [9.17, 15) is 33.9 Å². The van der Waals surface area contributed by atoms with E-state index in [-0.39, 0.29) is 17.9 Å². The Hall–Kier alpha value is -4.88. The second-order valence-corrected chi connectivity index (χ2v) is 17.0. The van der Waals surface area contributed by atoms with Gasteiger partial charge in [-0.25, -0.2) is 9.59 Å². The van der Waals surface area contributed by atoms with Crippen LogP contribution in [0.5, 0.6) is 0 Å². The third kappa shape index (κ3) is 11.3. The molecule has 14 nitrogen and oxygen atoms in total. The number of aliphatic carboxylic acids is 2. The topological polar surface area (TPSA) is 188 Å². The van der Waals surface area contributed by atoms with Gasteiger partial charge < -0.3 is 35.1 Å². The van der Waals surface area contributed by atoms with Crippen LogP contribution in [0.3, 0.4) is 0 Å². The average Bonchev–Trinajstić information content (AvgIpc) is 3.38. The Balaban J connectivity index is 2.58. The summed E-state index contributed by atoms with van der Waals surface area (Å²) in [6.07, 6.45) is 2.04. The molecule has 0 saturated heterocycles. The van der Waals surface area contributed by atoms with Crippen molar-refractivity contribution in [3.8, 4) is 0 Å². The van der Waals surface area contributed by atoms with Crippen LogP contribution in [0, 0.1) is 11.3 Å². The molecular formula is C40H61N5O9. The van der Waals surface area contributed by atoms with Crippen LogP contribution in [0.1, 0.15) is 94.6 Å². The summed E-state index contributed by atoms with van der Waals surface area (Å²) in [5.41, 5.74) is -0.777.